The number of carbonyl (C=O) groups is 2. The highest BCUT2D eigenvalue weighted by molar-refractivity contribution is 7.08. The Bertz CT molecular complexity index is 973. The number of rotatable bonds is 3. The molecule has 0 saturated carbocycles. The second kappa shape index (κ2) is 5.89. The molecule has 1 atom stereocenters. The molecule has 6 heteroatoms. The summed E-state index contributed by atoms with van der Waals surface area (Å²) in [5.74, 6) is -1.13. The minimum absolute atomic E-state index is 0.137. The molecule has 1 aliphatic rings. The third-order valence-electron chi connectivity index (χ3n) is 4.51. The number of thiophene rings is 1. The number of carbonyl (C=O) groups excluding carboxylic acids is 2. The van der Waals surface area contributed by atoms with Crippen molar-refractivity contribution < 1.29 is 14.3 Å². The summed E-state index contributed by atoms with van der Waals surface area (Å²) >= 11 is 1.56. The van der Waals surface area contributed by atoms with Crippen LogP contribution in [0.2, 0.25) is 0 Å². The van der Waals surface area contributed by atoms with E-state index in [2.05, 4.69) is 10.3 Å². The van der Waals surface area contributed by atoms with Crippen LogP contribution in [-0.2, 0) is 9.53 Å². The fourth-order valence-corrected chi connectivity index (χ4v) is 4.07. The van der Waals surface area contributed by atoms with Gasteiger partial charge in [-0.3, -0.25) is 4.79 Å². The highest BCUT2D eigenvalue weighted by Crippen LogP contribution is 2.43. The first-order chi connectivity index (χ1) is 12.1. The fourth-order valence-electron chi connectivity index (χ4n) is 3.43. The van der Waals surface area contributed by atoms with Crippen LogP contribution in [0.4, 0.5) is 5.69 Å². The smallest absolute Gasteiger partial charge is 0.340 e. The SMILES string of the molecule is COC(=O)c1c(C)[nH]c(-c2ccsc2)c1[C@H]1C(=O)Nc2ccccc21. The van der Waals surface area contributed by atoms with Crippen molar-refractivity contribution in [1.82, 2.24) is 4.98 Å². The number of aryl methyl sites for hydroxylation is 1. The molecule has 3 heterocycles. The molecule has 0 aliphatic carbocycles. The van der Waals surface area contributed by atoms with Gasteiger partial charge in [0.15, 0.2) is 0 Å². The number of para-hydroxylation sites is 1. The van der Waals surface area contributed by atoms with E-state index in [0.717, 1.165) is 22.5 Å². The lowest BCUT2D eigenvalue weighted by molar-refractivity contribution is -0.116. The molecule has 0 spiro atoms. The third-order valence-corrected chi connectivity index (χ3v) is 5.19. The highest BCUT2D eigenvalue weighted by atomic mass is 32.1. The number of aromatic amines is 1. The van der Waals surface area contributed by atoms with Gasteiger partial charge in [-0.15, -0.1) is 0 Å². The van der Waals surface area contributed by atoms with Gasteiger partial charge in [0.25, 0.3) is 0 Å². The molecule has 3 aromatic rings. The van der Waals surface area contributed by atoms with Crippen LogP contribution in [0.5, 0.6) is 0 Å². The summed E-state index contributed by atoms with van der Waals surface area (Å²) in [6, 6.07) is 9.53. The van der Waals surface area contributed by atoms with Gasteiger partial charge in [0.2, 0.25) is 5.91 Å². The van der Waals surface area contributed by atoms with Crippen LogP contribution in [0.25, 0.3) is 11.3 Å². The molecule has 25 heavy (non-hydrogen) atoms. The lowest BCUT2D eigenvalue weighted by Gasteiger charge is -2.13. The molecule has 2 N–H and O–H groups in total. The van der Waals surface area contributed by atoms with Gasteiger partial charge in [-0.2, -0.15) is 11.3 Å². The number of ether oxygens (including phenoxy) is 1. The number of amides is 1. The first-order valence-electron chi connectivity index (χ1n) is 7.85. The molecule has 2 aromatic heterocycles. The van der Waals surface area contributed by atoms with Crippen molar-refractivity contribution in [3.8, 4) is 11.3 Å². The number of methoxy groups -OCH3 is 1. The van der Waals surface area contributed by atoms with Gasteiger partial charge >= 0.3 is 5.97 Å². The summed E-state index contributed by atoms with van der Waals surface area (Å²) in [6.45, 7) is 1.82. The first-order valence-corrected chi connectivity index (χ1v) is 8.79. The Balaban J connectivity index is 2.00. The van der Waals surface area contributed by atoms with Crippen molar-refractivity contribution in [3.05, 3.63) is 63.5 Å². The lowest BCUT2D eigenvalue weighted by Crippen LogP contribution is -2.17. The number of hydrogen-bond donors (Lipinski definition) is 2. The maximum absolute atomic E-state index is 12.8. The van der Waals surface area contributed by atoms with Crippen LogP contribution in [-0.4, -0.2) is 24.0 Å². The summed E-state index contributed by atoms with van der Waals surface area (Å²) in [5.41, 5.74) is 5.19. The highest BCUT2D eigenvalue weighted by Gasteiger charge is 2.38. The molecule has 0 radical (unpaired) electrons. The van der Waals surface area contributed by atoms with Crippen LogP contribution in [0.1, 0.15) is 33.1 Å². The second-order valence-corrected chi connectivity index (χ2v) is 6.71. The third kappa shape index (κ3) is 2.37. The summed E-state index contributed by atoms with van der Waals surface area (Å²) in [4.78, 5) is 28.5. The molecule has 0 unspecified atom stereocenters. The van der Waals surface area contributed by atoms with Crippen molar-refractivity contribution in [2.45, 2.75) is 12.8 Å². The Morgan fingerprint density at radius 2 is 2.04 bits per heavy atom. The molecule has 1 amide bonds. The zero-order chi connectivity index (χ0) is 17.6. The van der Waals surface area contributed by atoms with Crippen molar-refractivity contribution in [2.24, 2.45) is 0 Å². The fraction of sp³-hybridized carbons (Fsp3) is 0.158. The van der Waals surface area contributed by atoms with Crippen LogP contribution in [0.15, 0.2) is 41.1 Å². The largest absolute Gasteiger partial charge is 0.465 e. The van der Waals surface area contributed by atoms with E-state index in [9.17, 15) is 9.59 Å². The van der Waals surface area contributed by atoms with Gasteiger partial charge < -0.3 is 15.0 Å². The van der Waals surface area contributed by atoms with E-state index in [4.69, 9.17) is 4.74 Å². The Labute approximate surface area is 148 Å². The summed E-state index contributed by atoms with van der Waals surface area (Å²) in [5, 5.41) is 6.87. The van der Waals surface area contributed by atoms with Gasteiger partial charge in [-0.1, -0.05) is 18.2 Å². The first kappa shape index (κ1) is 15.7. The van der Waals surface area contributed by atoms with Crippen LogP contribution in [0.3, 0.4) is 0 Å². The number of nitrogens with one attached hydrogen (secondary N) is 2. The predicted octanol–water partition coefficient (Wildman–Crippen LogP) is 3.92. The lowest BCUT2D eigenvalue weighted by atomic mass is 9.88. The standard InChI is InChI=1S/C19H16N2O3S/c1-10-14(19(23)24-2)16(17(20-10)11-7-8-25-9-11)15-12-5-3-4-6-13(12)21-18(15)22/h3-9,15,20H,1-2H3,(H,21,22)/t15-/m0/s1. The Hall–Kier alpha value is -2.86. The van der Waals surface area contributed by atoms with Gasteiger partial charge in [-0.25, -0.2) is 4.79 Å². The predicted molar refractivity (Wildman–Crippen MR) is 97.1 cm³/mol. The Morgan fingerprint density at radius 3 is 2.76 bits per heavy atom. The van der Waals surface area contributed by atoms with Crippen LogP contribution >= 0.6 is 11.3 Å². The van der Waals surface area contributed by atoms with Gasteiger partial charge in [-0.05, 0) is 30.0 Å². The molecule has 0 bridgehead atoms. The molecule has 0 saturated heterocycles. The molecular weight excluding hydrogens is 336 g/mol. The molecule has 126 valence electrons. The molecule has 1 aliphatic heterocycles. The van der Waals surface area contributed by atoms with E-state index in [-0.39, 0.29) is 5.91 Å². The maximum atomic E-state index is 12.8. The van der Waals surface area contributed by atoms with E-state index in [0.29, 0.717) is 16.8 Å². The number of anilines is 1. The van der Waals surface area contributed by atoms with Crippen molar-refractivity contribution >= 4 is 28.9 Å². The Morgan fingerprint density at radius 1 is 1.24 bits per heavy atom. The Kier molecular flexibility index (Phi) is 3.69. The molecule has 5 nitrogen and oxygen atoms in total. The van der Waals surface area contributed by atoms with Crippen LogP contribution < -0.4 is 5.32 Å². The number of esters is 1. The summed E-state index contributed by atoms with van der Waals surface area (Å²) in [7, 11) is 1.35. The summed E-state index contributed by atoms with van der Waals surface area (Å²) < 4.78 is 4.98. The summed E-state index contributed by atoms with van der Waals surface area (Å²) in [6.07, 6.45) is 0. The van der Waals surface area contributed by atoms with E-state index < -0.39 is 11.9 Å². The zero-order valence-electron chi connectivity index (χ0n) is 13.8. The monoisotopic (exact) mass is 352 g/mol. The minimum atomic E-state index is -0.551. The maximum Gasteiger partial charge on any atom is 0.340 e. The zero-order valence-corrected chi connectivity index (χ0v) is 14.6. The van der Waals surface area contributed by atoms with Crippen molar-refractivity contribution in [3.63, 3.8) is 0 Å². The number of fused-ring (bicyclic) bond motifs is 1. The molecule has 0 fully saturated rings. The molecule has 4 rings (SSSR count). The molecule has 1 aromatic carbocycles. The number of aromatic nitrogens is 1. The quantitative estimate of drug-likeness (QED) is 0.702. The van der Waals surface area contributed by atoms with E-state index >= 15 is 0 Å². The molecular formula is C19H16N2O3S. The average Bonchev–Trinajstić information content (AvgIpc) is 3.30. The van der Waals surface area contributed by atoms with Gasteiger partial charge in [0.05, 0.1) is 24.3 Å². The van der Waals surface area contributed by atoms with Gasteiger partial charge in [0, 0.05) is 27.9 Å². The number of hydrogen-bond acceptors (Lipinski definition) is 4. The van der Waals surface area contributed by atoms with E-state index in [1.807, 2.05) is 48.0 Å². The number of benzene rings is 1. The van der Waals surface area contributed by atoms with Crippen LogP contribution in [0, 0.1) is 6.92 Å². The van der Waals surface area contributed by atoms with Crippen molar-refractivity contribution in [1.29, 1.82) is 0 Å². The minimum Gasteiger partial charge on any atom is -0.465 e. The van der Waals surface area contributed by atoms with E-state index in [1.54, 1.807) is 11.3 Å². The second-order valence-electron chi connectivity index (χ2n) is 5.93. The topological polar surface area (TPSA) is 71.2 Å². The average molecular weight is 352 g/mol. The normalized spacial score (nSPS) is 15.8. The van der Waals surface area contributed by atoms with E-state index in [1.165, 1.54) is 7.11 Å². The van der Waals surface area contributed by atoms with Gasteiger partial charge in [0.1, 0.15) is 0 Å². The van der Waals surface area contributed by atoms with Crippen molar-refractivity contribution in [2.75, 3.05) is 12.4 Å². The number of H-pyrrole nitrogens is 1.